The van der Waals surface area contributed by atoms with Crippen LogP contribution in [0.4, 0.5) is 0 Å². The average Bonchev–Trinajstić information content (AvgIpc) is 2.67. The van der Waals surface area contributed by atoms with E-state index in [1.54, 1.807) is 10.9 Å². The number of hydrogen-bond acceptors (Lipinski definition) is 4. The summed E-state index contributed by atoms with van der Waals surface area (Å²) in [7, 11) is 0. The third kappa shape index (κ3) is 2.10. The molecule has 0 spiro atoms. The predicted molar refractivity (Wildman–Crippen MR) is 51.6 cm³/mol. The number of piperidine rings is 1. The van der Waals surface area contributed by atoms with E-state index < -0.39 is 0 Å². The summed E-state index contributed by atoms with van der Waals surface area (Å²) in [5, 5.41) is 20.2. The molecule has 1 aromatic rings. The molecule has 1 aliphatic heterocycles. The standard InChI is InChI=1S/C9H16N4O/c14-7-9-5-11-12-13(9)6-8-3-1-2-4-10-8/h5,8,10,14H,1-4,6-7H2. The topological polar surface area (TPSA) is 63.0 Å². The Morgan fingerprint density at radius 1 is 1.57 bits per heavy atom. The lowest BCUT2D eigenvalue weighted by atomic mass is 10.1. The minimum absolute atomic E-state index is 0.0136. The van der Waals surface area contributed by atoms with Crippen LogP contribution in [0.5, 0.6) is 0 Å². The van der Waals surface area contributed by atoms with Gasteiger partial charge in [0.05, 0.1) is 25.0 Å². The van der Waals surface area contributed by atoms with Crippen molar-refractivity contribution in [3.05, 3.63) is 11.9 Å². The summed E-state index contributed by atoms with van der Waals surface area (Å²) in [6.07, 6.45) is 5.34. The molecular weight excluding hydrogens is 180 g/mol. The number of aliphatic hydroxyl groups is 1. The first-order valence-corrected chi connectivity index (χ1v) is 5.12. The lowest BCUT2D eigenvalue weighted by Gasteiger charge is -2.23. The molecule has 1 fully saturated rings. The number of rotatable bonds is 3. The summed E-state index contributed by atoms with van der Waals surface area (Å²) < 4.78 is 1.78. The zero-order valence-electron chi connectivity index (χ0n) is 8.19. The van der Waals surface area contributed by atoms with Crippen molar-refractivity contribution in [1.29, 1.82) is 0 Å². The fraction of sp³-hybridized carbons (Fsp3) is 0.778. The van der Waals surface area contributed by atoms with Gasteiger partial charge in [0.25, 0.3) is 0 Å². The molecule has 0 radical (unpaired) electrons. The second kappa shape index (κ2) is 4.52. The summed E-state index contributed by atoms with van der Waals surface area (Å²) in [5.41, 5.74) is 0.789. The van der Waals surface area contributed by atoms with Gasteiger partial charge in [-0.15, -0.1) is 5.10 Å². The van der Waals surface area contributed by atoms with Gasteiger partial charge in [0, 0.05) is 6.04 Å². The predicted octanol–water partition coefficient (Wildman–Crippen LogP) is -0.0875. The molecule has 0 bridgehead atoms. The number of hydrogen-bond donors (Lipinski definition) is 2. The molecule has 2 heterocycles. The molecule has 0 aromatic carbocycles. The molecule has 5 nitrogen and oxygen atoms in total. The van der Waals surface area contributed by atoms with Crippen LogP contribution in [0, 0.1) is 0 Å². The minimum atomic E-state index is 0.0136. The molecule has 14 heavy (non-hydrogen) atoms. The number of aromatic nitrogens is 3. The second-order valence-corrected chi connectivity index (χ2v) is 3.71. The van der Waals surface area contributed by atoms with Crippen LogP contribution in [0.25, 0.3) is 0 Å². The van der Waals surface area contributed by atoms with Gasteiger partial charge in [0.2, 0.25) is 0 Å². The SMILES string of the molecule is OCc1cnnn1CC1CCCCN1. The Morgan fingerprint density at radius 2 is 2.50 bits per heavy atom. The van der Waals surface area contributed by atoms with Crippen LogP contribution in [-0.4, -0.2) is 32.7 Å². The molecule has 2 rings (SSSR count). The van der Waals surface area contributed by atoms with Crippen molar-refractivity contribution < 1.29 is 5.11 Å². The van der Waals surface area contributed by atoms with Gasteiger partial charge in [0.1, 0.15) is 0 Å². The van der Waals surface area contributed by atoms with Gasteiger partial charge in [-0.2, -0.15) is 0 Å². The monoisotopic (exact) mass is 196 g/mol. The zero-order chi connectivity index (χ0) is 9.80. The van der Waals surface area contributed by atoms with Crippen LogP contribution < -0.4 is 5.32 Å². The third-order valence-electron chi connectivity index (χ3n) is 2.67. The Bertz CT molecular complexity index is 280. The normalized spacial score (nSPS) is 22.5. The van der Waals surface area contributed by atoms with Gasteiger partial charge < -0.3 is 10.4 Å². The lowest BCUT2D eigenvalue weighted by molar-refractivity contribution is 0.260. The Labute approximate surface area is 83.1 Å². The van der Waals surface area contributed by atoms with E-state index in [-0.39, 0.29) is 6.61 Å². The van der Waals surface area contributed by atoms with Crippen molar-refractivity contribution in [2.75, 3.05) is 6.54 Å². The quantitative estimate of drug-likeness (QED) is 0.709. The van der Waals surface area contributed by atoms with E-state index in [9.17, 15) is 0 Å². The van der Waals surface area contributed by atoms with Gasteiger partial charge in [-0.25, -0.2) is 4.68 Å². The maximum Gasteiger partial charge on any atom is 0.0866 e. The summed E-state index contributed by atoms with van der Waals surface area (Å²) in [6, 6.07) is 0.482. The Morgan fingerprint density at radius 3 is 3.21 bits per heavy atom. The van der Waals surface area contributed by atoms with Crippen LogP contribution in [-0.2, 0) is 13.2 Å². The van der Waals surface area contributed by atoms with E-state index in [4.69, 9.17) is 5.11 Å². The van der Waals surface area contributed by atoms with Crippen LogP contribution in [0.1, 0.15) is 25.0 Å². The Hall–Kier alpha value is -0.940. The van der Waals surface area contributed by atoms with Gasteiger partial charge in [-0.1, -0.05) is 11.6 Å². The fourth-order valence-electron chi connectivity index (χ4n) is 1.84. The molecule has 0 saturated carbocycles. The summed E-state index contributed by atoms with van der Waals surface area (Å²) in [6.45, 7) is 1.92. The van der Waals surface area contributed by atoms with E-state index in [1.807, 2.05) is 0 Å². The summed E-state index contributed by atoms with van der Waals surface area (Å²) in [5.74, 6) is 0. The van der Waals surface area contributed by atoms with Gasteiger partial charge in [0.15, 0.2) is 0 Å². The van der Waals surface area contributed by atoms with Crippen LogP contribution in [0.2, 0.25) is 0 Å². The van der Waals surface area contributed by atoms with E-state index in [1.165, 1.54) is 19.3 Å². The molecule has 1 atom stereocenters. The number of aliphatic hydroxyl groups excluding tert-OH is 1. The third-order valence-corrected chi connectivity index (χ3v) is 2.67. The zero-order valence-corrected chi connectivity index (χ0v) is 8.19. The molecule has 2 N–H and O–H groups in total. The van der Waals surface area contributed by atoms with Gasteiger partial charge in [-0.3, -0.25) is 0 Å². The molecule has 5 heteroatoms. The van der Waals surface area contributed by atoms with Crippen molar-refractivity contribution in [3.63, 3.8) is 0 Å². The van der Waals surface area contributed by atoms with Crippen molar-refractivity contribution >= 4 is 0 Å². The first-order chi connectivity index (χ1) is 6.90. The molecule has 1 aromatic heterocycles. The highest BCUT2D eigenvalue weighted by atomic mass is 16.3. The number of nitrogens with zero attached hydrogens (tertiary/aromatic N) is 3. The molecule has 1 aliphatic rings. The van der Waals surface area contributed by atoms with Crippen LogP contribution in [0.15, 0.2) is 6.20 Å². The van der Waals surface area contributed by atoms with Crippen LogP contribution >= 0.6 is 0 Å². The van der Waals surface area contributed by atoms with E-state index in [0.717, 1.165) is 18.8 Å². The smallest absolute Gasteiger partial charge is 0.0866 e. The molecule has 0 aliphatic carbocycles. The minimum Gasteiger partial charge on any atom is -0.390 e. The largest absolute Gasteiger partial charge is 0.390 e. The van der Waals surface area contributed by atoms with Gasteiger partial charge >= 0.3 is 0 Å². The molecular formula is C9H16N4O. The second-order valence-electron chi connectivity index (χ2n) is 3.71. The average molecular weight is 196 g/mol. The van der Waals surface area contributed by atoms with E-state index in [0.29, 0.717) is 6.04 Å². The van der Waals surface area contributed by atoms with Gasteiger partial charge in [-0.05, 0) is 19.4 Å². The number of nitrogens with one attached hydrogen (secondary N) is 1. The molecule has 0 amide bonds. The highest BCUT2D eigenvalue weighted by molar-refractivity contribution is 4.92. The highest BCUT2D eigenvalue weighted by Gasteiger charge is 2.14. The maximum absolute atomic E-state index is 9.02. The first kappa shape index (κ1) is 9.61. The summed E-state index contributed by atoms with van der Waals surface area (Å²) >= 11 is 0. The van der Waals surface area contributed by atoms with Crippen molar-refractivity contribution in [1.82, 2.24) is 20.3 Å². The molecule has 1 saturated heterocycles. The van der Waals surface area contributed by atoms with Crippen LogP contribution in [0.3, 0.4) is 0 Å². The van der Waals surface area contributed by atoms with Crippen molar-refractivity contribution in [2.24, 2.45) is 0 Å². The molecule has 78 valence electrons. The Balaban J connectivity index is 1.95. The van der Waals surface area contributed by atoms with E-state index in [2.05, 4.69) is 15.6 Å². The summed E-state index contributed by atoms with van der Waals surface area (Å²) in [4.78, 5) is 0. The maximum atomic E-state index is 9.02. The Kier molecular flexibility index (Phi) is 3.10. The van der Waals surface area contributed by atoms with E-state index >= 15 is 0 Å². The van der Waals surface area contributed by atoms with Crippen molar-refractivity contribution in [2.45, 2.75) is 38.5 Å². The lowest BCUT2D eigenvalue weighted by Crippen LogP contribution is -2.37. The first-order valence-electron chi connectivity index (χ1n) is 5.12. The molecule has 1 unspecified atom stereocenters. The van der Waals surface area contributed by atoms with Crippen molar-refractivity contribution in [3.8, 4) is 0 Å². The fourth-order valence-corrected chi connectivity index (χ4v) is 1.84. The highest BCUT2D eigenvalue weighted by Crippen LogP contribution is 2.09.